The molecule has 0 aliphatic heterocycles. The van der Waals surface area contributed by atoms with Crippen LogP contribution >= 0.6 is 11.6 Å². The number of nitrogens with zero attached hydrogens (tertiary/aromatic N) is 4. The lowest BCUT2D eigenvalue weighted by Gasteiger charge is -2.10. The summed E-state index contributed by atoms with van der Waals surface area (Å²) in [6, 6.07) is 0. The second kappa shape index (κ2) is 5.36. The molecule has 0 spiro atoms. The largest absolute Gasteiger partial charge is 0.478 e. The van der Waals surface area contributed by atoms with E-state index in [2.05, 4.69) is 15.4 Å². The number of anilines is 1. The Morgan fingerprint density at radius 3 is 2.74 bits per heavy atom. The van der Waals surface area contributed by atoms with E-state index in [4.69, 9.17) is 16.3 Å². The van der Waals surface area contributed by atoms with Gasteiger partial charge in [0.15, 0.2) is 5.82 Å². The molecule has 1 N–H and O–H groups in total. The summed E-state index contributed by atoms with van der Waals surface area (Å²) in [5, 5.41) is 8.02. The molecular weight excluding hydrogens is 266 g/mol. The van der Waals surface area contributed by atoms with Gasteiger partial charge in [-0.15, -0.1) is 5.10 Å². The minimum absolute atomic E-state index is 0.530. The van der Waals surface area contributed by atoms with E-state index in [0.29, 0.717) is 11.0 Å². The lowest BCUT2D eigenvalue weighted by molar-refractivity contribution is 0.393. The van der Waals surface area contributed by atoms with Gasteiger partial charge in [0.25, 0.3) is 5.88 Å². The van der Waals surface area contributed by atoms with Crippen LogP contribution < -0.4 is 10.1 Å². The first-order valence-electron chi connectivity index (χ1n) is 5.75. The normalized spacial score (nSPS) is 11.7. The summed E-state index contributed by atoms with van der Waals surface area (Å²) in [6.45, 7) is 1.92. The topological polar surface area (TPSA) is 56.9 Å². The zero-order valence-electron chi connectivity index (χ0n) is 11.3. The van der Waals surface area contributed by atoms with Crippen molar-refractivity contribution >= 4 is 23.0 Å². The molecule has 0 unspecified atom stereocenters. The van der Waals surface area contributed by atoms with E-state index in [0.717, 1.165) is 17.2 Å². The Balaban J connectivity index is 2.32. The molecule has 2 aromatic rings. The maximum atomic E-state index is 6.00. The highest BCUT2D eigenvalue weighted by molar-refractivity contribution is 6.29. The lowest BCUT2D eigenvalue weighted by Crippen LogP contribution is -2.05. The summed E-state index contributed by atoms with van der Waals surface area (Å²) < 4.78 is 8.69. The van der Waals surface area contributed by atoms with Crippen LogP contribution in [0.15, 0.2) is 18.5 Å². The fraction of sp³-hybridized carbons (Fsp3) is 0.333. The number of aryl methyl sites for hydroxylation is 1. The first kappa shape index (κ1) is 13.5. The molecule has 0 aliphatic carbocycles. The molecule has 6 nitrogen and oxygen atoms in total. The highest BCUT2D eigenvalue weighted by Crippen LogP contribution is 2.26. The van der Waals surface area contributed by atoms with Crippen LogP contribution in [0.2, 0.25) is 5.15 Å². The third-order valence-electron chi connectivity index (χ3n) is 2.72. The van der Waals surface area contributed by atoms with Crippen LogP contribution in [0, 0.1) is 0 Å². The van der Waals surface area contributed by atoms with Gasteiger partial charge in [0.1, 0.15) is 10.8 Å². The van der Waals surface area contributed by atoms with E-state index in [1.165, 1.54) is 0 Å². The number of allylic oxidation sites excluding steroid dienone is 1. The summed E-state index contributed by atoms with van der Waals surface area (Å²) in [5.41, 5.74) is 1.61. The Hall–Kier alpha value is -1.95. The Morgan fingerprint density at radius 2 is 2.21 bits per heavy atom. The first-order chi connectivity index (χ1) is 9.06. The molecule has 0 aromatic carbocycles. The number of methoxy groups -OCH3 is 1. The fourth-order valence-electron chi connectivity index (χ4n) is 1.75. The Bertz CT molecular complexity index is 614. The lowest BCUT2D eigenvalue weighted by atomic mass is 10.3. The van der Waals surface area contributed by atoms with Gasteiger partial charge in [0, 0.05) is 14.1 Å². The van der Waals surface area contributed by atoms with Crippen LogP contribution in [0.3, 0.4) is 0 Å². The highest BCUT2D eigenvalue weighted by Gasteiger charge is 2.14. The second-order valence-corrected chi connectivity index (χ2v) is 4.40. The molecule has 0 saturated heterocycles. The van der Waals surface area contributed by atoms with Crippen LogP contribution in [-0.4, -0.2) is 26.4 Å². The van der Waals surface area contributed by atoms with Crippen LogP contribution in [-0.2, 0) is 14.1 Å². The summed E-state index contributed by atoms with van der Waals surface area (Å²) in [5.74, 6) is 1.28. The molecule has 2 rings (SSSR count). The van der Waals surface area contributed by atoms with Crippen molar-refractivity contribution in [3.8, 4) is 5.88 Å². The predicted octanol–water partition coefficient (Wildman–Crippen LogP) is 2.29. The van der Waals surface area contributed by atoms with Crippen LogP contribution in [0.5, 0.6) is 5.88 Å². The van der Waals surface area contributed by atoms with Crippen molar-refractivity contribution < 1.29 is 4.74 Å². The highest BCUT2D eigenvalue weighted by atomic mass is 35.5. The number of hydrogen-bond donors (Lipinski definition) is 1. The minimum Gasteiger partial charge on any atom is -0.478 e. The average Bonchev–Trinajstić information content (AvgIpc) is 2.91. The summed E-state index contributed by atoms with van der Waals surface area (Å²) >= 11 is 6.00. The molecule has 19 heavy (non-hydrogen) atoms. The fourth-order valence-corrected chi connectivity index (χ4v) is 1.87. The van der Waals surface area contributed by atoms with Gasteiger partial charge >= 0.3 is 0 Å². The molecule has 0 amide bonds. The van der Waals surface area contributed by atoms with E-state index in [1.807, 2.05) is 33.3 Å². The van der Waals surface area contributed by atoms with Gasteiger partial charge < -0.3 is 14.6 Å². The Kier molecular flexibility index (Phi) is 3.80. The standard InChI is InChI=1S/C12H16ClN5O/c1-5-8(11-14-6-10(13)18(11)3)15-9-7-17(2)16-12(9)19-4/h5-7,15H,1-4H3/b8-5+. The van der Waals surface area contributed by atoms with Gasteiger partial charge in [-0.2, -0.15) is 0 Å². The third kappa shape index (κ3) is 2.58. The molecule has 0 fully saturated rings. The van der Waals surface area contributed by atoms with Crippen molar-refractivity contribution in [2.24, 2.45) is 14.1 Å². The number of aromatic nitrogens is 4. The Labute approximate surface area is 116 Å². The molecule has 102 valence electrons. The number of hydrogen-bond acceptors (Lipinski definition) is 4. The third-order valence-corrected chi connectivity index (χ3v) is 3.07. The average molecular weight is 282 g/mol. The van der Waals surface area contributed by atoms with Gasteiger partial charge in [0.2, 0.25) is 0 Å². The molecule has 0 radical (unpaired) electrons. The monoisotopic (exact) mass is 281 g/mol. The van der Waals surface area contributed by atoms with Crippen molar-refractivity contribution in [2.75, 3.05) is 12.4 Å². The van der Waals surface area contributed by atoms with Gasteiger partial charge in [-0.1, -0.05) is 17.7 Å². The van der Waals surface area contributed by atoms with Crippen LogP contribution in [0.25, 0.3) is 5.70 Å². The van der Waals surface area contributed by atoms with Gasteiger partial charge in [0.05, 0.1) is 25.2 Å². The number of halogens is 1. The predicted molar refractivity (Wildman–Crippen MR) is 75.3 cm³/mol. The number of rotatable bonds is 4. The van der Waals surface area contributed by atoms with Crippen molar-refractivity contribution in [1.29, 1.82) is 0 Å². The zero-order valence-corrected chi connectivity index (χ0v) is 12.1. The molecule has 0 atom stereocenters. The molecular formula is C12H16ClN5O. The Morgan fingerprint density at radius 1 is 1.47 bits per heavy atom. The van der Waals surface area contributed by atoms with Gasteiger partial charge in [-0.05, 0) is 6.92 Å². The van der Waals surface area contributed by atoms with Crippen LogP contribution in [0.1, 0.15) is 12.7 Å². The first-order valence-corrected chi connectivity index (χ1v) is 6.13. The van der Waals surface area contributed by atoms with Crippen molar-refractivity contribution in [3.05, 3.63) is 29.4 Å². The maximum absolute atomic E-state index is 6.00. The van der Waals surface area contributed by atoms with E-state index < -0.39 is 0 Å². The quantitative estimate of drug-likeness (QED) is 0.934. The number of nitrogens with one attached hydrogen (secondary N) is 1. The molecule has 2 heterocycles. The molecule has 0 bridgehead atoms. The van der Waals surface area contributed by atoms with Crippen LogP contribution in [0.4, 0.5) is 5.69 Å². The van der Waals surface area contributed by atoms with Crippen molar-refractivity contribution in [2.45, 2.75) is 6.92 Å². The molecule has 0 saturated carbocycles. The van der Waals surface area contributed by atoms with Crippen molar-refractivity contribution in [3.63, 3.8) is 0 Å². The van der Waals surface area contributed by atoms with Gasteiger partial charge in [-0.25, -0.2) is 4.98 Å². The van der Waals surface area contributed by atoms with E-state index in [-0.39, 0.29) is 0 Å². The molecule has 0 aliphatic rings. The van der Waals surface area contributed by atoms with E-state index in [9.17, 15) is 0 Å². The molecule has 7 heteroatoms. The molecule has 2 aromatic heterocycles. The minimum atomic E-state index is 0.530. The van der Waals surface area contributed by atoms with E-state index in [1.54, 1.807) is 22.6 Å². The summed E-state index contributed by atoms with van der Waals surface area (Å²) in [4.78, 5) is 4.28. The summed E-state index contributed by atoms with van der Waals surface area (Å²) in [7, 11) is 5.28. The maximum Gasteiger partial charge on any atom is 0.256 e. The van der Waals surface area contributed by atoms with Gasteiger partial charge in [-0.3, -0.25) is 4.68 Å². The van der Waals surface area contributed by atoms with E-state index >= 15 is 0 Å². The summed E-state index contributed by atoms with van der Waals surface area (Å²) in [6.07, 6.45) is 5.38. The number of ether oxygens (including phenoxy) is 1. The second-order valence-electron chi connectivity index (χ2n) is 4.02. The SMILES string of the molecule is C/C=C(/Nc1cn(C)nc1OC)c1ncc(Cl)n1C. The zero-order chi connectivity index (χ0) is 14.0. The smallest absolute Gasteiger partial charge is 0.256 e. The number of imidazole rings is 1. The van der Waals surface area contributed by atoms with Crippen molar-refractivity contribution in [1.82, 2.24) is 19.3 Å².